The number of hydrogen-bond acceptors (Lipinski definition) is 4. The van der Waals surface area contributed by atoms with E-state index >= 15 is 0 Å². The van der Waals surface area contributed by atoms with Gasteiger partial charge in [-0.1, -0.05) is 12.1 Å². The van der Waals surface area contributed by atoms with Gasteiger partial charge in [0.1, 0.15) is 5.75 Å². The van der Waals surface area contributed by atoms with Crippen LogP contribution in [0.3, 0.4) is 0 Å². The number of hydrogen-bond donors (Lipinski definition) is 0. The Bertz CT molecular complexity index is 365. The first-order valence-electron chi connectivity index (χ1n) is 6.50. The molecule has 0 aliphatic carbocycles. The summed E-state index contributed by atoms with van der Waals surface area (Å²) >= 11 is 0. The van der Waals surface area contributed by atoms with Gasteiger partial charge in [0, 0.05) is 27.2 Å². The predicted molar refractivity (Wildman–Crippen MR) is 74.7 cm³/mol. The fourth-order valence-corrected chi connectivity index (χ4v) is 1.92. The SMILES string of the molecule is CCOCC(Cc1ccc(COC)cc1OC)OC. The van der Waals surface area contributed by atoms with Gasteiger partial charge in [0.25, 0.3) is 0 Å². The van der Waals surface area contributed by atoms with E-state index in [4.69, 9.17) is 18.9 Å². The fraction of sp³-hybridized carbons (Fsp3) is 0.600. The molecule has 0 aliphatic rings. The van der Waals surface area contributed by atoms with Crippen LogP contribution in [0.5, 0.6) is 5.75 Å². The number of rotatable bonds is 9. The van der Waals surface area contributed by atoms with Crippen LogP contribution < -0.4 is 4.74 Å². The lowest BCUT2D eigenvalue weighted by Crippen LogP contribution is -2.21. The lowest BCUT2D eigenvalue weighted by atomic mass is 10.0. The second-order valence-corrected chi connectivity index (χ2v) is 4.30. The maximum atomic E-state index is 5.43. The van der Waals surface area contributed by atoms with E-state index in [-0.39, 0.29) is 6.10 Å². The Hall–Kier alpha value is -1.10. The van der Waals surface area contributed by atoms with Crippen LogP contribution in [0.25, 0.3) is 0 Å². The summed E-state index contributed by atoms with van der Waals surface area (Å²) in [5, 5.41) is 0. The van der Waals surface area contributed by atoms with Crippen molar-refractivity contribution in [3.8, 4) is 5.75 Å². The van der Waals surface area contributed by atoms with Crippen molar-refractivity contribution in [2.24, 2.45) is 0 Å². The zero-order chi connectivity index (χ0) is 14.1. The summed E-state index contributed by atoms with van der Waals surface area (Å²) in [7, 11) is 5.07. The summed E-state index contributed by atoms with van der Waals surface area (Å²) in [4.78, 5) is 0. The normalized spacial score (nSPS) is 12.4. The van der Waals surface area contributed by atoms with E-state index in [1.165, 1.54) is 0 Å². The molecule has 0 saturated carbocycles. The molecule has 0 fully saturated rings. The molecule has 0 saturated heterocycles. The molecule has 1 aromatic rings. The Morgan fingerprint density at radius 1 is 1.16 bits per heavy atom. The maximum Gasteiger partial charge on any atom is 0.122 e. The minimum absolute atomic E-state index is 0.0436. The van der Waals surface area contributed by atoms with Crippen LogP contribution in [0.1, 0.15) is 18.1 Å². The molecule has 0 N–H and O–H groups in total. The van der Waals surface area contributed by atoms with Crippen LogP contribution in [0.4, 0.5) is 0 Å². The van der Waals surface area contributed by atoms with Crippen molar-refractivity contribution in [3.63, 3.8) is 0 Å². The summed E-state index contributed by atoms with van der Waals surface area (Å²) in [5.74, 6) is 0.869. The third kappa shape index (κ3) is 5.19. The van der Waals surface area contributed by atoms with Crippen molar-refractivity contribution in [2.45, 2.75) is 26.1 Å². The van der Waals surface area contributed by atoms with E-state index in [2.05, 4.69) is 12.1 Å². The van der Waals surface area contributed by atoms with Gasteiger partial charge in [0.2, 0.25) is 0 Å². The molecule has 0 heterocycles. The monoisotopic (exact) mass is 268 g/mol. The molecule has 1 unspecified atom stereocenters. The maximum absolute atomic E-state index is 5.43. The lowest BCUT2D eigenvalue weighted by molar-refractivity contribution is 0.0130. The zero-order valence-electron chi connectivity index (χ0n) is 12.3. The first kappa shape index (κ1) is 16.0. The smallest absolute Gasteiger partial charge is 0.122 e. The molecule has 108 valence electrons. The van der Waals surface area contributed by atoms with Gasteiger partial charge in [-0.25, -0.2) is 0 Å². The molecule has 19 heavy (non-hydrogen) atoms. The highest BCUT2D eigenvalue weighted by atomic mass is 16.5. The van der Waals surface area contributed by atoms with E-state index in [0.29, 0.717) is 19.8 Å². The molecule has 0 amide bonds. The molecular formula is C15H24O4. The molecule has 0 aromatic heterocycles. The summed E-state index contributed by atoms with van der Waals surface area (Å²) in [6, 6.07) is 6.12. The zero-order valence-corrected chi connectivity index (χ0v) is 12.3. The molecule has 4 heteroatoms. The van der Waals surface area contributed by atoms with Gasteiger partial charge in [-0.3, -0.25) is 0 Å². The van der Waals surface area contributed by atoms with Crippen LogP contribution in [0.15, 0.2) is 18.2 Å². The highest BCUT2D eigenvalue weighted by molar-refractivity contribution is 5.37. The van der Waals surface area contributed by atoms with Crippen molar-refractivity contribution < 1.29 is 18.9 Å². The van der Waals surface area contributed by atoms with Crippen molar-refractivity contribution in [3.05, 3.63) is 29.3 Å². The fourth-order valence-electron chi connectivity index (χ4n) is 1.92. The van der Waals surface area contributed by atoms with Gasteiger partial charge in [0.15, 0.2) is 0 Å². The average molecular weight is 268 g/mol. The molecule has 0 radical (unpaired) electrons. The van der Waals surface area contributed by atoms with Crippen LogP contribution in [-0.4, -0.2) is 40.6 Å². The largest absolute Gasteiger partial charge is 0.496 e. The molecule has 0 aliphatic heterocycles. The first-order valence-corrected chi connectivity index (χ1v) is 6.50. The standard InChI is InChI=1S/C15H24O4/c1-5-19-11-14(17-3)9-13-7-6-12(10-16-2)8-15(13)18-4/h6-8,14H,5,9-11H2,1-4H3. The van der Waals surface area contributed by atoms with Gasteiger partial charge in [-0.15, -0.1) is 0 Å². The third-order valence-corrected chi connectivity index (χ3v) is 2.95. The molecule has 1 aromatic carbocycles. The molecule has 1 rings (SSSR count). The highest BCUT2D eigenvalue weighted by Gasteiger charge is 2.12. The van der Waals surface area contributed by atoms with E-state index in [0.717, 1.165) is 23.3 Å². The lowest BCUT2D eigenvalue weighted by Gasteiger charge is -2.17. The highest BCUT2D eigenvalue weighted by Crippen LogP contribution is 2.22. The Morgan fingerprint density at radius 2 is 1.95 bits per heavy atom. The van der Waals surface area contributed by atoms with Crippen molar-refractivity contribution in [2.75, 3.05) is 34.5 Å². The predicted octanol–water partition coefficient (Wildman–Crippen LogP) is 2.44. The van der Waals surface area contributed by atoms with Crippen molar-refractivity contribution >= 4 is 0 Å². The second kappa shape index (κ2) is 8.91. The van der Waals surface area contributed by atoms with Crippen LogP contribution in [0, 0.1) is 0 Å². The minimum Gasteiger partial charge on any atom is -0.496 e. The van der Waals surface area contributed by atoms with E-state index in [9.17, 15) is 0 Å². The molecule has 1 atom stereocenters. The topological polar surface area (TPSA) is 36.9 Å². The Balaban J connectivity index is 2.75. The van der Waals surface area contributed by atoms with Crippen molar-refractivity contribution in [1.29, 1.82) is 0 Å². The van der Waals surface area contributed by atoms with Gasteiger partial charge < -0.3 is 18.9 Å². The molecule has 0 bridgehead atoms. The number of ether oxygens (including phenoxy) is 4. The van der Waals surface area contributed by atoms with Crippen molar-refractivity contribution in [1.82, 2.24) is 0 Å². The minimum atomic E-state index is 0.0436. The molecule has 4 nitrogen and oxygen atoms in total. The Morgan fingerprint density at radius 3 is 2.53 bits per heavy atom. The van der Waals surface area contributed by atoms with E-state index in [1.807, 2.05) is 13.0 Å². The quantitative estimate of drug-likeness (QED) is 0.689. The Labute approximate surface area is 115 Å². The summed E-state index contributed by atoms with van der Waals surface area (Å²) in [6.45, 7) is 3.86. The number of benzene rings is 1. The summed E-state index contributed by atoms with van der Waals surface area (Å²) in [5.41, 5.74) is 2.22. The third-order valence-electron chi connectivity index (χ3n) is 2.95. The molecule has 0 spiro atoms. The van der Waals surface area contributed by atoms with Gasteiger partial charge >= 0.3 is 0 Å². The summed E-state index contributed by atoms with van der Waals surface area (Å²) < 4.78 is 21.4. The van der Waals surface area contributed by atoms with Crippen LogP contribution in [0.2, 0.25) is 0 Å². The summed E-state index contributed by atoms with van der Waals surface area (Å²) in [6.07, 6.45) is 0.814. The average Bonchev–Trinajstić information content (AvgIpc) is 2.44. The van der Waals surface area contributed by atoms with Crippen LogP contribution in [-0.2, 0) is 27.2 Å². The van der Waals surface area contributed by atoms with Gasteiger partial charge in [-0.2, -0.15) is 0 Å². The van der Waals surface area contributed by atoms with E-state index < -0.39 is 0 Å². The second-order valence-electron chi connectivity index (χ2n) is 4.30. The molecular weight excluding hydrogens is 244 g/mol. The first-order chi connectivity index (χ1) is 9.24. The van der Waals surface area contributed by atoms with Gasteiger partial charge in [0.05, 0.1) is 26.4 Å². The Kier molecular flexibility index (Phi) is 7.48. The van der Waals surface area contributed by atoms with E-state index in [1.54, 1.807) is 21.3 Å². The van der Waals surface area contributed by atoms with Crippen LogP contribution >= 0.6 is 0 Å². The van der Waals surface area contributed by atoms with Gasteiger partial charge in [-0.05, 0) is 24.1 Å². The number of methoxy groups -OCH3 is 3.